The number of ketones is 1. The van der Waals surface area contributed by atoms with Crippen molar-refractivity contribution >= 4 is 5.78 Å². The van der Waals surface area contributed by atoms with Crippen molar-refractivity contribution in [3.63, 3.8) is 0 Å². The highest BCUT2D eigenvalue weighted by atomic mass is 16.5. The van der Waals surface area contributed by atoms with Crippen LogP contribution in [0.5, 0.6) is 0 Å². The third kappa shape index (κ3) is 8.83. The van der Waals surface area contributed by atoms with Crippen molar-refractivity contribution in [3.05, 3.63) is 0 Å². The normalized spacial score (nSPS) is 12.7. The lowest BCUT2D eigenvalue weighted by Gasteiger charge is -2.08. The highest BCUT2D eigenvalue weighted by molar-refractivity contribution is 5.81. The maximum absolute atomic E-state index is 11.4. The molecule has 1 unspecified atom stereocenters. The molecule has 0 radical (unpaired) electrons. The van der Waals surface area contributed by atoms with E-state index in [1.165, 1.54) is 0 Å². The summed E-state index contributed by atoms with van der Waals surface area (Å²) in [6, 6.07) is 0. The Morgan fingerprint density at radius 2 is 1.81 bits per heavy atom. The van der Waals surface area contributed by atoms with Crippen molar-refractivity contribution in [2.45, 2.75) is 26.7 Å². The largest absolute Gasteiger partial charge is 0.385 e. The fourth-order valence-corrected chi connectivity index (χ4v) is 1.07. The summed E-state index contributed by atoms with van der Waals surface area (Å²) in [6.45, 7) is 6.54. The first-order valence-electron chi connectivity index (χ1n) is 5.89. The molecule has 0 amide bonds. The van der Waals surface area contributed by atoms with Crippen LogP contribution in [-0.4, -0.2) is 45.9 Å². The summed E-state index contributed by atoms with van der Waals surface area (Å²) in [5, 5.41) is 0. The van der Waals surface area contributed by atoms with E-state index in [2.05, 4.69) is 0 Å². The fraction of sp³-hybridized carbons (Fsp3) is 0.917. The molecule has 0 aromatic rings. The standard InChI is InChI=1S/C12H24O4/c1-4-11(2)12(13)10-16-9-8-15-7-5-6-14-3/h11H,4-10H2,1-3H3. The molecule has 4 nitrogen and oxygen atoms in total. The lowest BCUT2D eigenvalue weighted by Crippen LogP contribution is -2.18. The Labute approximate surface area is 98.3 Å². The quantitative estimate of drug-likeness (QED) is 0.508. The lowest BCUT2D eigenvalue weighted by atomic mass is 10.1. The van der Waals surface area contributed by atoms with Crippen LogP contribution in [0.15, 0.2) is 0 Å². The van der Waals surface area contributed by atoms with E-state index in [0.717, 1.165) is 12.8 Å². The van der Waals surface area contributed by atoms with Crippen molar-refractivity contribution in [2.75, 3.05) is 40.1 Å². The highest BCUT2D eigenvalue weighted by Gasteiger charge is 2.09. The van der Waals surface area contributed by atoms with Crippen LogP contribution in [0, 0.1) is 5.92 Å². The molecule has 0 heterocycles. The summed E-state index contributed by atoms with van der Waals surface area (Å²) in [6.07, 6.45) is 1.76. The lowest BCUT2D eigenvalue weighted by molar-refractivity contribution is -0.127. The Balaban J connectivity index is 3.18. The van der Waals surface area contributed by atoms with E-state index in [1.807, 2.05) is 13.8 Å². The molecule has 16 heavy (non-hydrogen) atoms. The predicted octanol–water partition coefficient (Wildman–Crippen LogP) is 1.67. The topological polar surface area (TPSA) is 44.8 Å². The molecule has 0 saturated heterocycles. The van der Waals surface area contributed by atoms with Crippen LogP contribution in [-0.2, 0) is 19.0 Å². The van der Waals surface area contributed by atoms with Crippen molar-refractivity contribution in [1.82, 2.24) is 0 Å². The van der Waals surface area contributed by atoms with Gasteiger partial charge in [-0.05, 0) is 12.8 Å². The summed E-state index contributed by atoms with van der Waals surface area (Å²) in [5.41, 5.74) is 0. The first kappa shape index (κ1) is 15.6. The molecule has 0 aliphatic carbocycles. The van der Waals surface area contributed by atoms with E-state index < -0.39 is 0 Å². The number of rotatable bonds is 11. The zero-order valence-electron chi connectivity index (χ0n) is 10.7. The number of ether oxygens (including phenoxy) is 3. The predicted molar refractivity (Wildman–Crippen MR) is 62.6 cm³/mol. The molecular weight excluding hydrogens is 208 g/mol. The third-order valence-electron chi connectivity index (χ3n) is 2.42. The Hall–Kier alpha value is -0.450. The van der Waals surface area contributed by atoms with E-state index in [9.17, 15) is 4.79 Å². The average molecular weight is 232 g/mol. The molecule has 0 rings (SSSR count). The van der Waals surface area contributed by atoms with Gasteiger partial charge in [0, 0.05) is 26.2 Å². The minimum atomic E-state index is 0.0996. The molecule has 0 aromatic heterocycles. The van der Waals surface area contributed by atoms with Crippen molar-refractivity contribution < 1.29 is 19.0 Å². The van der Waals surface area contributed by atoms with Crippen LogP contribution in [0.1, 0.15) is 26.7 Å². The number of carbonyl (C=O) groups is 1. The van der Waals surface area contributed by atoms with Gasteiger partial charge in [0.15, 0.2) is 5.78 Å². The Kier molecular flexibility index (Phi) is 10.7. The van der Waals surface area contributed by atoms with Crippen molar-refractivity contribution in [2.24, 2.45) is 5.92 Å². The molecule has 0 aliphatic heterocycles. The molecule has 0 spiro atoms. The number of hydrogen-bond donors (Lipinski definition) is 0. The van der Waals surface area contributed by atoms with Gasteiger partial charge in [-0.1, -0.05) is 13.8 Å². The average Bonchev–Trinajstić information content (AvgIpc) is 2.31. The van der Waals surface area contributed by atoms with Crippen LogP contribution in [0.25, 0.3) is 0 Å². The van der Waals surface area contributed by atoms with E-state index in [0.29, 0.717) is 26.4 Å². The summed E-state index contributed by atoms with van der Waals surface area (Å²) >= 11 is 0. The molecule has 0 aliphatic rings. The van der Waals surface area contributed by atoms with Gasteiger partial charge in [-0.25, -0.2) is 0 Å². The minimum absolute atomic E-state index is 0.0996. The Morgan fingerprint density at radius 1 is 1.12 bits per heavy atom. The monoisotopic (exact) mass is 232 g/mol. The van der Waals surface area contributed by atoms with E-state index in [4.69, 9.17) is 14.2 Å². The van der Waals surface area contributed by atoms with Gasteiger partial charge in [0.2, 0.25) is 0 Å². The molecule has 4 heteroatoms. The number of methoxy groups -OCH3 is 1. The summed E-state index contributed by atoms with van der Waals surface area (Å²) in [4.78, 5) is 11.4. The smallest absolute Gasteiger partial charge is 0.161 e. The second-order valence-corrected chi connectivity index (χ2v) is 3.79. The van der Waals surface area contributed by atoms with Crippen molar-refractivity contribution in [3.8, 4) is 0 Å². The van der Waals surface area contributed by atoms with Gasteiger partial charge < -0.3 is 14.2 Å². The zero-order valence-corrected chi connectivity index (χ0v) is 10.7. The number of hydrogen-bond acceptors (Lipinski definition) is 4. The summed E-state index contributed by atoms with van der Waals surface area (Å²) in [7, 11) is 1.67. The van der Waals surface area contributed by atoms with Gasteiger partial charge >= 0.3 is 0 Å². The Morgan fingerprint density at radius 3 is 2.44 bits per heavy atom. The molecule has 0 N–H and O–H groups in total. The van der Waals surface area contributed by atoms with E-state index in [-0.39, 0.29) is 18.3 Å². The van der Waals surface area contributed by atoms with Gasteiger partial charge in [-0.2, -0.15) is 0 Å². The van der Waals surface area contributed by atoms with Gasteiger partial charge in [0.25, 0.3) is 0 Å². The minimum Gasteiger partial charge on any atom is -0.385 e. The van der Waals surface area contributed by atoms with Gasteiger partial charge in [0.1, 0.15) is 6.61 Å². The Bertz CT molecular complexity index is 170. The van der Waals surface area contributed by atoms with Crippen LogP contribution >= 0.6 is 0 Å². The molecule has 0 bridgehead atoms. The number of Topliss-reactive ketones (excluding diaryl/α,β-unsaturated/α-hetero) is 1. The molecule has 0 aromatic carbocycles. The van der Waals surface area contributed by atoms with Gasteiger partial charge in [-0.3, -0.25) is 4.79 Å². The fourth-order valence-electron chi connectivity index (χ4n) is 1.07. The van der Waals surface area contributed by atoms with E-state index >= 15 is 0 Å². The van der Waals surface area contributed by atoms with Crippen LogP contribution < -0.4 is 0 Å². The van der Waals surface area contributed by atoms with E-state index in [1.54, 1.807) is 7.11 Å². The molecule has 0 fully saturated rings. The first-order chi connectivity index (χ1) is 7.72. The maximum Gasteiger partial charge on any atom is 0.161 e. The van der Waals surface area contributed by atoms with Gasteiger partial charge in [-0.15, -0.1) is 0 Å². The second kappa shape index (κ2) is 11.0. The number of carbonyl (C=O) groups excluding carboxylic acids is 1. The SMILES string of the molecule is CCC(C)C(=O)COCCOCCCOC. The summed E-state index contributed by atoms with van der Waals surface area (Å²) in [5.74, 6) is 0.268. The van der Waals surface area contributed by atoms with Gasteiger partial charge in [0.05, 0.1) is 13.2 Å². The highest BCUT2D eigenvalue weighted by Crippen LogP contribution is 2.01. The summed E-state index contributed by atoms with van der Waals surface area (Å²) < 4.78 is 15.4. The molecule has 0 saturated carbocycles. The molecule has 96 valence electrons. The van der Waals surface area contributed by atoms with Crippen molar-refractivity contribution in [1.29, 1.82) is 0 Å². The van der Waals surface area contributed by atoms with Crippen LogP contribution in [0.2, 0.25) is 0 Å². The maximum atomic E-state index is 11.4. The second-order valence-electron chi connectivity index (χ2n) is 3.79. The zero-order chi connectivity index (χ0) is 12.2. The molecule has 1 atom stereocenters. The molecular formula is C12H24O4. The third-order valence-corrected chi connectivity index (χ3v) is 2.42. The van der Waals surface area contributed by atoms with Crippen LogP contribution in [0.4, 0.5) is 0 Å². The van der Waals surface area contributed by atoms with Crippen LogP contribution in [0.3, 0.4) is 0 Å². The first-order valence-corrected chi connectivity index (χ1v) is 5.89.